The second-order valence-electron chi connectivity index (χ2n) is 3.66. The number of hydrogen-bond donors (Lipinski definition) is 1. The summed E-state index contributed by atoms with van der Waals surface area (Å²) < 4.78 is 31.7. The Kier molecular flexibility index (Phi) is 4.33. The zero-order valence-electron chi connectivity index (χ0n) is 10.8. The summed E-state index contributed by atoms with van der Waals surface area (Å²) in [4.78, 5) is 11.8. The number of esters is 1. The fraction of sp³-hybridized carbons (Fsp3) is 0.600. The first kappa shape index (κ1) is 14.5. The minimum Gasteiger partial charge on any atom is -0.462 e. The third-order valence-corrected chi connectivity index (χ3v) is 3.60. The van der Waals surface area contributed by atoms with Crippen LogP contribution in [0.25, 0.3) is 0 Å². The number of carbonyl (C=O) groups excluding carboxylic acids is 1. The van der Waals surface area contributed by atoms with E-state index in [0.717, 1.165) is 0 Å². The molecule has 0 atom stereocenters. The lowest BCUT2D eigenvalue weighted by atomic mass is 10.2. The maximum absolute atomic E-state index is 11.8. The van der Waals surface area contributed by atoms with Crippen LogP contribution < -0.4 is 4.72 Å². The number of nitrogens with zero attached hydrogens (tertiary/aromatic N) is 2. The van der Waals surface area contributed by atoms with Crippen LogP contribution in [0.1, 0.15) is 29.9 Å². The van der Waals surface area contributed by atoms with Crippen molar-refractivity contribution in [3.8, 4) is 0 Å². The number of nitrogens with one attached hydrogen (secondary N) is 1. The Morgan fingerprint density at radius 1 is 1.44 bits per heavy atom. The maximum atomic E-state index is 11.8. The van der Waals surface area contributed by atoms with E-state index in [-0.39, 0.29) is 23.7 Å². The molecule has 0 bridgehead atoms. The van der Waals surface area contributed by atoms with Gasteiger partial charge in [-0.05, 0) is 20.8 Å². The largest absolute Gasteiger partial charge is 0.462 e. The molecule has 0 fully saturated rings. The van der Waals surface area contributed by atoms with Gasteiger partial charge in [0.25, 0.3) is 0 Å². The second-order valence-corrected chi connectivity index (χ2v) is 5.67. The fourth-order valence-electron chi connectivity index (χ4n) is 1.44. The van der Waals surface area contributed by atoms with Gasteiger partial charge >= 0.3 is 5.97 Å². The van der Waals surface area contributed by atoms with Crippen LogP contribution in [0.3, 0.4) is 0 Å². The van der Waals surface area contributed by atoms with Crippen LogP contribution >= 0.6 is 0 Å². The molecule has 18 heavy (non-hydrogen) atoms. The van der Waals surface area contributed by atoms with E-state index in [2.05, 4.69) is 9.82 Å². The molecule has 0 aromatic carbocycles. The highest BCUT2D eigenvalue weighted by atomic mass is 32.2. The number of ether oxygens (including phenoxy) is 1. The lowest BCUT2D eigenvalue weighted by molar-refractivity contribution is 0.0527. The summed E-state index contributed by atoms with van der Waals surface area (Å²) in [5.41, 5.74) is 0.570. The molecule has 0 saturated heterocycles. The second kappa shape index (κ2) is 5.38. The first-order valence-electron chi connectivity index (χ1n) is 5.53. The van der Waals surface area contributed by atoms with Gasteiger partial charge in [0.05, 0.1) is 18.1 Å². The SMILES string of the molecule is CCOC(=O)c1c(C)nn(C)c1NS(=O)(=O)CC. The van der Waals surface area contributed by atoms with Crippen LogP contribution in [0, 0.1) is 6.92 Å². The Morgan fingerprint density at radius 2 is 2.06 bits per heavy atom. The van der Waals surface area contributed by atoms with Crippen molar-refractivity contribution in [2.24, 2.45) is 7.05 Å². The molecule has 0 aliphatic rings. The molecule has 0 aliphatic heterocycles. The Balaban J connectivity index is 3.23. The number of sulfonamides is 1. The predicted octanol–water partition coefficient (Wildman–Crippen LogP) is 0.667. The highest BCUT2D eigenvalue weighted by Gasteiger charge is 2.24. The Labute approximate surface area is 106 Å². The normalized spacial score (nSPS) is 11.3. The maximum Gasteiger partial charge on any atom is 0.343 e. The summed E-state index contributed by atoms with van der Waals surface area (Å²) in [5.74, 6) is -0.538. The summed E-state index contributed by atoms with van der Waals surface area (Å²) in [5, 5.41) is 4.02. The van der Waals surface area contributed by atoms with E-state index in [0.29, 0.717) is 5.69 Å². The molecular formula is C10H17N3O4S. The molecule has 0 aliphatic carbocycles. The third kappa shape index (κ3) is 3.00. The summed E-state index contributed by atoms with van der Waals surface area (Å²) in [7, 11) is -1.91. The molecule has 7 nitrogen and oxygen atoms in total. The van der Waals surface area contributed by atoms with Crippen molar-refractivity contribution in [1.82, 2.24) is 9.78 Å². The van der Waals surface area contributed by atoms with Gasteiger partial charge in [-0.3, -0.25) is 9.40 Å². The zero-order chi connectivity index (χ0) is 13.9. The van der Waals surface area contributed by atoms with E-state index in [9.17, 15) is 13.2 Å². The van der Waals surface area contributed by atoms with Crippen molar-refractivity contribution in [3.05, 3.63) is 11.3 Å². The molecule has 0 spiro atoms. The molecular weight excluding hydrogens is 258 g/mol. The molecule has 0 unspecified atom stereocenters. The van der Waals surface area contributed by atoms with Crippen LogP contribution in [0.4, 0.5) is 5.82 Å². The van der Waals surface area contributed by atoms with Gasteiger partial charge in [-0.25, -0.2) is 13.2 Å². The van der Waals surface area contributed by atoms with Crippen LogP contribution in [0.2, 0.25) is 0 Å². The summed E-state index contributed by atoms with van der Waals surface area (Å²) in [6.07, 6.45) is 0. The number of carbonyl (C=O) groups is 1. The van der Waals surface area contributed by atoms with Crippen LogP contribution in [-0.2, 0) is 21.8 Å². The lowest BCUT2D eigenvalue weighted by Gasteiger charge is -2.08. The van der Waals surface area contributed by atoms with Crippen LogP contribution in [0.15, 0.2) is 0 Å². The molecule has 1 aromatic heterocycles. The van der Waals surface area contributed by atoms with Crippen LogP contribution in [0.5, 0.6) is 0 Å². The van der Waals surface area contributed by atoms with Crippen molar-refractivity contribution in [2.75, 3.05) is 17.1 Å². The standard InChI is InChI=1S/C10H17N3O4S/c1-5-17-10(14)8-7(3)11-13(4)9(8)12-18(15,16)6-2/h12H,5-6H2,1-4H3. The Hall–Kier alpha value is -1.57. The first-order chi connectivity index (χ1) is 8.32. The van der Waals surface area contributed by atoms with E-state index in [4.69, 9.17) is 4.74 Å². The third-order valence-electron chi connectivity index (χ3n) is 2.33. The molecule has 1 heterocycles. The monoisotopic (exact) mass is 275 g/mol. The smallest absolute Gasteiger partial charge is 0.343 e. The molecule has 0 radical (unpaired) electrons. The average Bonchev–Trinajstić information content (AvgIpc) is 2.54. The minimum absolute atomic E-state index is 0.0838. The van der Waals surface area contributed by atoms with Gasteiger partial charge in [-0.1, -0.05) is 0 Å². The fourth-order valence-corrected chi connectivity index (χ4v) is 2.12. The first-order valence-corrected chi connectivity index (χ1v) is 7.18. The minimum atomic E-state index is -3.47. The number of anilines is 1. The highest BCUT2D eigenvalue weighted by Crippen LogP contribution is 2.21. The number of rotatable bonds is 5. The molecule has 1 rings (SSSR count). The van der Waals surface area contributed by atoms with Crippen molar-refractivity contribution in [3.63, 3.8) is 0 Å². The molecule has 102 valence electrons. The number of aromatic nitrogens is 2. The molecule has 0 saturated carbocycles. The zero-order valence-corrected chi connectivity index (χ0v) is 11.7. The van der Waals surface area contributed by atoms with Gasteiger partial charge in [0.2, 0.25) is 10.0 Å². The van der Waals surface area contributed by atoms with Crippen molar-refractivity contribution in [2.45, 2.75) is 20.8 Å². The number of aryl methyl sites for hydroxylation is 2. The summed E-state index contributed by atoms with van der Waals surface area (Å²) in [6.45, 7) is 5.03. The van der Waals surface area contributed by atoms with Gasteiger partial charge in [0.1, 0.15) is 5.56 Å². The molecule has 8 heteroatoms. The highest BCUT2D eigenvalue weighted by molar-refractivity contribution is 7.92. The average molecular weight is 275 g/mol. The Bertz CT molecular complexity index is 548. The lowest BCUT2D eigenvalue weighted by Crippen LogP contribution is -2.19. The molecule has 0 amide bonds. The van der Waals surface area contributed by atoms with Gasteiger partial charge in [0.15, 0.2) is 5.82 Å². The summed E-state index contributed by atoms with van der Waals surface area (Å²) >= 11 is 0. The van der Waals surface area contributed by atoms with Gasteiger partial charge in [0, 0.05) is 7.05 Å². The summed E-state index contributed by atoms with van der Waals surface area (Å²) in [6, 6.07) is 0. The van der Waals surface area contributed by atoms with Crippen LogP contribution in [-0.4, -0.2) is 36.5 Å². The van der Waals surface area contributed by atoms with E-state index in [1.165, 1.54) is 11.6 Å². The van der Waals surface area contributed by atoms with Crippen molar-refractivity contribution < 1.29 is 17.9 Å². The number of hydrogen-bond acceptors (Lipinski definition) is 5. The quantitative estimate of drug-likeness (QED) is 0.797. The van der Waals surface area contributed by atoms with E-state index in [1.54, 1.807) is 20.9 Å². The van der Waals surface area contributed by atoms with Gasteiger partial charge in [-0.2, -0.15) is 5.10 Å². The van der Waals surface area contributed by atoms with Gasteiger partial charge < -0.3 is 4.74 Å². The van der Waals surface area contributed by atoms with Gasteiger partial charge in [-0.15, -0.1) is 0 Å². The Morgan fingerprint density at radius 3 is 2.56 bits per heavy atom. The van der Waals surface area contributed by atoms with Crippen molar-refractivity contribution in [1.29, 1.82) is 0 Å². The van der Waals surface area contributed by atoms with Crippen molar-refractivity contribution >= 4 is 21.8 Å². The molecule has 1 aromatic rings. The van der Waals surface area contributed by atoms with E-state index in [1.807, 2.05) is 0 Å². The molecule has 1 N–H and O–H groups in total. The topological polar surface area (TPSA) is 90.3 Å². The van der Waals surface area contributed by atoms with E-state index < -0.39 is 16.0 Å². The predicted molar refractivity (Wildman–Crippen MR) is 67.0 cm³/mol. The van der Waals surface area contributed by atoms with E-state index >= 15 is 0 Å².